The largest absolute Gasteiger partial charge is 0.504 e. The zero-order valence-electron chi connectivity index (χ0n) is 62.7. The Labute approximate surface area is 655 Å². The Morgan fingerprint density at radius 3 is 1.43 bits per heavy atom. The molecule has 28 heteroatoms. The molecule has 11 heterocycles. The summed E-state index contributed by atoms with van der Waals surface area (Å²) in [7, 11) is 1.67. The number of phenols is 3. The van der Waals surface area contributed by atoms with E-state index in [0.29, 0.717) is 133 Å². The molecule has 0 radical (unpaired) electrons. The van der Waals surface area contributed by atoms with Crippen molar-refractivity contribution in [1.29, 1.82) is 0 Å². The van der Waals surface area contributed by atoms with E-state index in [4.69, 9.17) is 29.4 Å². The minimum atomic E-state index is -0.571. The molecule has 6 aliphatic rings. The van der Waals surface area contributed by atoms with Gasteiger partial charge in [0.2, 0.25) is 0 Å². The van der Waals surface area contributed by atoms with Gasteiger partial charge in [0.15, 0.2) is 23.1 Å². The molecule has 5 aliphatic heterocycles. The number of rotatable bonds is 10. The maximum absolute atomic E-state index is 14.1. The van der Waals surface area contributed by atoms with Gasteiger partial charge in [-0.2, -0.15) is 0 Å². The fraction of sp³-hybridized carbons (Fsp3) is 0.218. The highest BCUT2D eigenvalue weighted by atomic mass is 19.1. The van der Waals surface area contributed by atoms with E-state index < -0.39 is 17.2 Å². The van der Waals surface area contributed by atoms with Crippen LogP contribution in [0.5, 0.6) is 23.0 Å². The number of carbonyl (C=O) groups is 6. The molecule has 1 aliphatic carbocycles. The highest BCUT2D eigenvalue weighted by Gasteiger charge is 2.48. The van der Waals surface area contributed by atoms with Crippen molar-refractivity contribution in [3.05, 3.63) is 239 Å². The average molecular weight is 1540 g/mol. The van der Waals surface area contributed by atoms with Crippen LogP contribution in [0, 0.1) is 11.7 Å². The molecular formula is C87H77FN16O11. The van der Waals surface area contributed by atoms with E-state index in [0.717, 1.165) is 97.8 Å². The first-order valence-electron chi connectivity index (χ1n) is 38.0. The summed E-state index contributed by atoms with van der Waals surface area (Å²) in [5, 5.41) is 44.5. The lowest BCUT2D eigenvalue weighted by Gasteiger charge is -2.14. The topological polar surface area (TPSA) is 344 Å². The summed E-state index contributed by atoms with van der Waals surface area (Å²) in [5.41, 5.74) is 15.2. The predicted molar refractivity (Wildman–Crippen MR) is 429 cm³/mol. The second-order valence-corrected chi connectivity index (χ2v) is 28.5. The summed E-state index contributed by atoms with van der Waals surface area (Å²) in [4.78, 5) is 101. The molecule has 115 heavy (non-hydrogen) atoms. The number of phenolic OH excluding ortho intramolecular Hbond substituents is 3. The van der Waals surface area contributed by atoms with Crippen LogP contribution in [0.4, 0.5) is 4.39 Å². The number of halogens is 1. The second kappa shape index (κ2) is 30.8. The van der Waals surface area contributed by atoms with Crippen molar-refractivity contribution < 1.29 is 58.0 Å². The molecule has 9 aromatic carbocycles. The Hall–Kier alpha value is -14.3. The molecule has 3 atom stereocenters. The second-order valence-electron chi connectivity index (χ2n) is 28.5. The van der Waals surface area contributed by atoms with Gasteiger partial charge in [-0.1, -0.05) is 85.8 Å². The van der Waals surface area contributed by atoms with Crippen LogP contribution < -0.4 is 31.3 Å². The standard InChI is InChI=1S/C20H21N3O2.C19H14N4O.C16H12FN3O.C16H13N3O4.C16H17N3O3/c1-13(12-14-6-8-15(25-2)9-7-14)19-22-17-5-3-4-16-18(17)23(19)11-10-21-20(16)24;24-19-13-5-3-7-15-17(13)23(11-10-20-19)18(22-15)16-9-8-12-4-1-2-6-14(12)21-16;17-12-6-2-1-4-10(12)15-19-13-7-3-5-11-14(13)20(15)9-8-18-16(11)21;20-11-6-8(7-12(21)14(11)22)15-18-10-3-1-2-9-13(10)19(15)5-4-17-16(9)23;1-2-22-16(21)11-8-10(11)14-18-12-5-3-4-9-13(12)19(14)7-6-17-15(9)20/h3-9,13H,10-12H2,1-2H3,(H,21,24);1-9H,10-11H2,(H,20,24);1-7H,8-9H2,(H,18,21);1-3,6-7,20-22H,4-5H2,(H,17,23);3-5,10-11H,2,6-8H2,1H3,(H,17,20)/t;;;;10?,11-/m....1/s1. The summed E-state index contributed by atoms with van der Waals surface area (Å²) in [6, 6.07) is 57.2. The van der Waals surface area contributed by atoms with Gasteiger partial charge in [-0.15, -0.1) is 0 Å². The van der Waals surface area contributed by atoms with Crippen molar-refractivity contribution in [3.8, 4) is 57.3 Å². The highest BCUT2D eigenvalue weighted by molar-refractivity contribution is 6.10. The minimum Gasteiger partial charge on any atom is -0.504 e. The van der Waals surface area contributed by atoms with Crippen LogP contribution in [-0.4, -0.2) is 150 Å². The van der Waals surface area contributed by atoms with Crippen LogP contribution in [-0.2, 0) is 48.7 Å². The van der Waals surface area contributed by atoms with Crippen LogP contribution in [0.1, 0.15) is 101 Å². The van der Waals surface area contributed by atoms with E-state index in [2.05, 4.69) is 75.4 Å². The van der Waals surface area contributed by atoms with E-state index in [-0.39, 0.29) is 59.1 Å². The van der Waals surface area contributed by atoms with Crippen LogP contribution in [0.2, 0.25) is 0 Å². The summed E-state index contributed by atoms with van der Waals surface area (Å²) < 4.78 is 34.6. The lowest BCUT2D eigenvalue weighted by atomic mass is 10.0. The van der Waals surface area contributed by atoms with Crippen molar-refractivity contribution in [2.24, 2.45) is 5.92 Å². The Kier molecular flexibility index (Phi) is 19.7. The number of hydrogen-bond donors (Lipinski definition) is 8. The molecular weight excluding hydrogens is 1460 g/mol. The summed E-state index contributed by atoms with van der Waals surface area (Å²) in [5.74, 6) is 2.67. The van der Waals surface area contributed by atoms with Crippen LogP contribution in [0.25, 0.3) is 100 Å². The first-order chi connectivity index (χ1) is 56.0. The number of carbonyl (C=O) groups excluding carboxylic acids is 6. The van der Waals surface area contributed by atoms with Gasteiger partial charge in [0, 0.05) is 88.2 Å². The number of imidazole rings is 5. The Morgan fingerprint density at radius 2 is 0.896 bits per heavy atom. The third-order valence-corrected chi connectivity index (χ3v) is 21.3. The zero-order valence-corrected chi connectivity index (χ0v) is 62.7. The van der Waals surface area contributed by atoms with Gasteiger partial charge in [0.05, 0.1) is 114 Å². The SMILES string of the molecule is CCOC(=O)[C@@H]1CC1c1nc2cccc3c2n1CCNC3=O.COc1ccc(CC(C)c2nc3cccc4c3n2CCNC4=O)cc1.O=C1NCCn2c(-c3cc(O)c(O)c(O)c3)nc3cccc1c32.O=C1NCCn2c(-c3ccc4ccccc4n3)nc3cccc1c32.O=C1NCCn2c(-c3ccccc3F)nc3cccc1c32. The smallest absolute Gasteiger partial charge is 0.309 e. The van der Waals surface area contributed by atoms with E-state index in [9.17, 15) is 48.5 Å². The molecule has 1 saturated carbocycles. The quantitative estimate of drug-likeness (QED) is 0.0466. The molecule has 1 fully saturated rings. The van der Waals surface area contributed by atoms with Gasteiger partial charge in [-0.05, 0) is 135 Å². The van der Waals surface area contributed by atoms with Gasteiger partial charge in [-0.25, -0.2) is 34.3 Å². The molecule has 5 amide bonds. The highest BCUT2D eigenvalue weighted by Crippen LogP contribution is 2.49. The molecule has 8 N–H and O–H groups in total. The average Bonchev–Trinajstić information content (AvgIpc) is 1.58. The Morgan fingerprint density at radius 1 is 0.470 bits per heavy atom. The zero-order chi connectivity index (χ0) is 79.3. The predicted octanol–water partition coefficient (Wildman–Crippen LogP) is 11.7. The number of aromatic hydroxyl groups is 3. The third kappa shape index (κ3) is 13.9. The molecule has 578 valence electrons. The molecule has 6 aromatic heterocycles. The van der Waals surface area contributed by atoms with E-state index in [1.54, 1.807) is 55.6 Å². The fourth-order valence-electron chi connectivity index (χ4n) is 15.9. The number of ether oxygens (including phenoxy) is 2. The number of aromatic nitrogens is 11. The van der Waals surface area contributed by atoms with Crippen molar-refractivity contribution in [2.45, 2.75) is 71.2 Å². The summed E-state index contributed by atoms with van der Waals surface area (Å²) in [6.07, 6.45) is 1.67. The Bertz CT molecular complexity index is 6420. The van der Waals surface area contributed by atoms with E-state index in [1.807, 2.05) is 119 Å². The summed E-state index contributed by atoms with van der Waals surface area (Å²) >= 11 is 0. The number of nitrogens with zero attached hydrogens (tertiary/aromatic N) is 11. The molecule has 0 spiro atoms. The van der Waals surface area contributed by atoms with Crippen molar-refractivity contribution >= 4 is 102 Å². The maximum Gasteiger partial charge on any atom is 0.309 e. The fourth-order valence-corrected chi connectivity index (χ4v) is 15.9. The normalized spacial score (nSPS) is 15.9. The summed E-state index contributed by atoms with van der Waals surface area (Å²) in [6.45, 7) is 10.3. The van der Waals surface area contributed by atoms with Crippen molar-refractivity contribution in [3.63, 3.8) is 0 Å². The molecule has 21 rings (SSSR count). The molecule has 0 bridgehead atoms. The molecule has 15 aromatic rings. The monoisotopic (exact) mass is 1540 g/mol. The van der Waals surface area contributed by atoms with Crippen molar-refractivity contribution in [2.75, 3.05) is 46.4 Å². The number of pyridine rings is 1. The lowest BCUT2D eigenvalue weighted by Crippen LogP contribution is -2.24. The maximum atomic E-state index is 14.1. The number of amides is 5. The Balaban J connectivity index is 0.000000104. The minimum absolute atomic E-state index is 0.0152. The number of para-hydroxylation sites is 6. The van der Waals surface area contributed by atoms with Gasteiger partial charge in [-0.3, -0.25) is 28.8 Å². The van der Waals surface area contributed by atoms with E-state index >= 15 is 0 Å². The molecule has 2 unspecified atom stereocenters. The number of fused-ring (bicyclic) bond motifs is 1. The first kappa shape index (κ1) is 73.5. The van der Waals surface area contributed by atoms with Crippen molar-refractivity contribution in [1.82, 2.24) is 79.3 Å². The third-order valence-electron chi connectivity index (χ3n) is 21.3. The lowest BCUT2D eigenvalue weighted by molar-refractivity contribution is -0.144. The number of hydrogen-bond acceptors (Lipinski definition) is 17. The van der Waals surface area contributed by atoms with Gasteiger partial charge in [0.1, 0.15) is 40.6 Å². The molecule has 0 saturated heterocycles. The van der Waals surface area contributed by atoms with Crippen LogP contribution >= 0.6 is 0 Å². The van der Waals surface area contributed by atoms with Crippen LogP contribution in [0.3, 0.4) is 0 Å². The number of methoxy groups -OCH3 is 1. The van der Waals surface area contributed by atoms with Crippen LogP contribution in [0.15, 0.2) is 188 Å². The number of benzene rings is 9. The number of esters is 1. The van der Waals surface area contributed by atoms with Gasteiger partial charge in [0.25, 0.3) is 29.5 Å². The molecule has 27 nitrogen and oxygen atoms in total. The van der Waals surface area contributed by atoms with Gasteiger partial charge >= 0.3 is 5.97 Å². The first-order valence-corrected chi connectivity index (χ1v) is 38.0. The van der Waals surface area contributed by atoms with E-state index in [1.165, 1.54) is 23.8 Å². The number of nitrogens with one attached hydrogen (secondary N) is 5. The van der Waals surface area contributed by atoms with Gasteiger partial charge < -0.3 is 74.2 Å².